The number of halogens is 1. The third-order valence-corrected chi connectivity index (χ3v) is 3.41. The van der Waals surface area contributed by atoms with E-state index in [4.69, 9.17) is 5.73 Å². The van der Waals surface area contributed by atoms with Crippen LogP contribution in [0.15, 0.2) is 18.2 Å². The summed E-state index contributed by atoms with van der Waals surface area (Å²) in [5.74, 6) is 5.10. The number of hydrogen-bond acceptors (Lipinski definition) is 2. The maximum atomic E-state index is 13.3. The van der Waals surface area contributed by atoms with Crippen molar-refractivity contribution in [2.24, 2.45) is 11.7 Å². The van der Waals surface area contributed by atoms with Crippen LogP contribution in [0, 0.1) is 23.6 Å². The molecule has 1 aromatic carbocycles. The second-order valence-electron chi connectivity index (χ2n) is 4.84. The number of carbonyl (C=O) groups is 1. The first kappa shape index (κ1) is 16.2. The first-order valence-corrected chi connectivity index (χ1v) is 6.79. The van der Waals surface area contributed by atoms with Gasteiger partial charge >= 0.3 is 0 Å². The van der Waals surface area contributed by atoms with Crippen molar-refractivity contribution in [3.8, 4) is 11.8 Å². The Hall–Kier alpha value is -1.86. The van der Waals surface area contributed by atoms with E-state index in [1.54, 1.807) is 0 Å². The lowest BCUT2D eigenvalue weighted by Gasteiger charge is -2.20. The molecule has 0 bridgehead atoms. The van der Waals surface area contributed by atoms with Gasteiger partial charge in [0.15, 0.2) is 0 Å². The highest BCUT2D eigenvalue weighted by Crippen LogP contribution is 2.13. The monoisotopic (exact) mass is 276 g/mol. The van der Waals surface area contributed by atoms with Crippen LogP contribution in [0.5, 0.6) is 0 Å². The van der Waals surface area contributed by atoms with Crippen molar-refractivity contribution in [3.63, 3.8) is 0 Å². The average molecular weight is 276 g/mol. The van der Waals surface area contributed by atoms with E-state index in [9.17, 15) is 9.18 Å². The third-order valence-electron chi connectivity index (χ3n) is 3.41. The van der Waals surface area contributed by atoms with E-state index in [0.717, 1.165) is 6.42 Å². The van der Waals surface area contributed by atoms with Crippen molar-refractivity contribution in [3.05, 3.63) is 35.1 Å². The van der Waals surface area contributed by atoms with E-state index in [1.807, 2.05) is 6.92 Å². The van der Waals surface area contributed by atoms with Crippen LogP contribution in [0.25, 0.3) is 0 Å². The van der Waals surface area contributed by atoms with Crippen LogP contribution in [-0.4, -0.2) is 18.5 Å². The van der Waals surface area contributed by atoms with E-state index >= 15 is 0 Å². The van der Waals surface area contributed by atoms with Gasteiger partial charge in [-0.15, -0.1) is 0 Å². The number of nitrogens with one attached hydrogen (secondary N) is 1. The molecule has 0 heterocycles. The SMILES string of the molecule is CCC(C)C(C)NC(=O)c1ccc(F)cc1C#CCN. The highest BCUT2D eigenvalue weighted by atomic mass is 19.1. The Balaban J connectivity index is 2.98. The van der Waals surface area contributed by atoms with Crippen molar-refractivity contribution in [2.45, 2.75) is 33.2 Å². The molecule has 0 aromatic heterocycles. The van der Waals surface area contributed by atoms with Crippen LogP contribution in [-0.2, 0) is 0 Å². The number of nitrogens with two attached hydrogens (primary N) is 1. The van der Waals surface area contributed by atoms with Crippen molar-refractivity contribution in [2.75, 3.05) is 6.54 Å². The molecule has 3 N–H and O–H groups in total. The molecule has 0 radical (unpaired) electrons. The van der Waals surface area contributed by atoms with Crippen molar-refractivity contribution >= 4 is 5.91 Å². The Kier molecular flexibility index (Phi) is 6.20. The van der Waals surface area contributed by atoms with Gasteiger partial charge in [-0.1, -0.05) is 32.1 Å². The normalized spacial score (nSPS) is 13.1. The van der Waals surface area contributed by atoms with Gasteiger partial charge < -0.3 is 11.1 Å². The van der Waals surface area contributed by atoms with Gasteiger partial charge in [0, 0.05) is 11.6 Å². The quantitative estimate of drug-likeness (QED) is 0.829. The summed E-state index contributed by atoms with van der Waals surface area (Å²) in [5, 5.41) is 2.92. The van der Waals surface area contributed by atoms with Crippen molar-refractivity contribution < 1.29 is 9.18 Å². The van der Waals surface area contributed by atoms with E-state index in [1.165, 1.54) is 18.2 Å². The second kappa shape index (κ2) is 7.66. The largest absolute Gasteiger partial charge is 0.349 e. The summed E-state index contributed by atoms with van der Waals surface area (Å²) < 4.78 is 13.3. The highest BCUT2D eigenvalue weighted by Gasteiger charge is 2.16. The maximum absolute atomic E-state index is 13.3. The molecule has 108 valence electrons. The highest BCUT2D eigenvalue weighted by molar-refractivity contribution is 5.96. The minimum absolute atomic E-state index is 0.0490. The van der Waals surface area contributed by atoms with E-state index < -0.39 is 5.82 Å². The summed E-state index contributed by atoms with van der Waals surface area (Å²) in [7, 11) is 0. The fraction of sp³-hybridized carbons (Fsp3) is 0.438. The zero-order valence-corrected chi connectivity index (χ0v) is 12.2. The van der Waals surface area contributed by atoms with Crippen LogP contribution >= 0.6 is 0 Å². The molecule has 0 fully saturated rings. The summed E-state index contributed by atoms with van der Waals surface area (Å²) in [6.07, 6.45) is 0.977. The molecule has 20 heavy (non-hydrogen) atoms. The molecule has 0 aliphatic rings. The van der Waals surface area contributed by atoms with Gasteiger partial charge in [-0.2, -0.15) is 0 Å². The molecule has 4 heteroatoms. The number of rotatable bonds is 4. The maximum Gasteiger partial charge on any atom is 0.252 e. The summed E-state index contributed by atoms with van der Waals surface area (Å²) in [6.45, 7) is 6.27. The van der Waals surface area contributed by atoms with Crippen LogP contribution in [0.1, 0.15) is 43.1 Å². The summed E-state index contributed by atoms with van der Waals surface area (Å²) >= 11 is 0. The fourth-order valence-electron chi connectivity index (χ4n) is 1.74. The number of benzene rings is 1. The van der Waals surface area contributed by atoms with Gasteiger partial charge in [0.2, 0.25) is 0 Å². The molecule has 0 saturated heterocycles. The second-order valence-corrected chi connectivity index (χ2v) is 4.84. The molecule has 0 saturated carbocycles. The van der Waals surface area contributed by atoms with Gasteiger partial charge in [0.25, 0.3) is 5.91 Å². The Morgan fingerprint density at radius 3 is 2.75 bits per heavy atom. The zero-order valence-electron chi connectivity index (χ0n) is 12.2. The molecule has 3 nitrogen and oxygen atoms in total. The average Bonchev–Trinajstić information content (AvgIpc) is 2.43. The zero-order chi connectivity index (χ0) is 15.1. The van der Waals surface area contributed by atoms with Crippen LogP contribution < -0.4 is 11.1 Å². The predicted molar refractivity (Wildman–Crippen MR) is 78.7 cm³/mol. The van der Waals surface area contributed by atoms with E-state index in [-0.39, 0.29) is 18.5 Å². The van der Waals surface area contributed by atoms with Crippen LogP contribution in [0.3, 0.4) is 0 Å². The lowest BCUT2D eigenvalue weighted by molar-refractivity contribution is 0.0928. The molecule has 1 amide bonds. The smallest absolute Gasteiger partial charge is 0.252 e. The summed E-state index contributed by atoms with van der Waals surface area (Å²) in [4.78, 5) is 12.2. The van der Waals surface area contributed by atoms with Gasteiger partial charge in [0.1, 0.15) is 5.82 Å². The molecule has 2 atom stereocenters. The van der Waals surface area contributed by atoms with Gasteiger partial charge in [0.05, 0.1) is 12.1 Å². The number of amides is 1. The lowest BCUT2D eigenvalue weighted by atomic mass is 10.00. The molecule has 0 aliphatic carbocycles. The minimum atomic E-state index is -0.419. The van der Waals surface area contributed by atoms with E-state index in [2.05, 4.69) is 31.0 Å². The summed E-state index contributed by atoms with van der Waals surface area (Å²) in [6, 6.07) is 4.02. The standard InChI is InChI=1S/C16H21FN2O/c1-4-11(2)12(3)19-16(20)15-8-7-14(17)10-13(15)6-5-9-18/h7-8,10-12H,4,9,18H2,1-3H3,(H,19,20). The molecule has 0 spiro atoms. The Labute approximate surface area is 119 Å². The Bertz CT molecular complexity index is 531. The van der Waals surface area contributed by atoms with Crippen LogP contribution in [0.4, 0.5) is 4.39 Å². The minimum Gasteiger partial charge on any atom is -0.349 e. The first-order valence-electron chi connectivity index (χ1n) is 6.79. The molecular formula is C16H21FN2O. The molecule has 2 unspecified atom stereocenters. The van der Waals surface area contributed by atoms with Crippen molar-refractivity contribution in [1.82, 2.24) is 5.32 Å². The van der Waals surface area contributed by atoms with Gasteiger partial charge in [-0.25, -0.2) is 4.39 Å². The summed E-state index contributed by atoms with van der Waals surface area (Å²) in [5.41, 5.74) is 6.05. The predicted octanol–water partition coefficient (Wildman–Crippen LogP) is 2.30. The Morgan fingerprint density at radius 2 is 2.15 bits per heavy atom. The third kappa shape index (κ3) is 4.36. The lowest BCUT2D eigenvalue weighted by Crippen LogP contribution is -2.37. The van der Waals surface area contributed by atoms with Gasteiger partial charge in [-0.05, 0) is 31.0 Å². The topological polar surface area (TPSA) is 55.1 Å². The fourth-order valence-corrected chi connectivity index (χ4v) is 1.74. The molecular weight excluding hydrogens is 255 g/mol. The number of hydrogen-bond donors (Lipinski definition) is 2. The van der Waals surface area contributed by atoms with E-state index in [0.29, 0.717) is 17.0 Å². The van der Waals surface area contributed by atoms with Crippen LogP contribution in [0.2, 0.25) is 0 Å². The molecule has 0 aliphatic heterocycles. The molecule has 1 rings (SSSR count). The van der Waals surface area contributed by atoms with Crippen molar-refractivity contribution in [1.29, 1.82) is 0 Å². The number of carbonyl (C=O) groups excluding carboxylic acids is 1. The molecule has 1 aromatic rings. The Morgan fingerprint density at radius 1 is 1.45 bits per heavy atom. The van der Waals surface area contributed by atoms with Gasteiger partial charge in [-0.3, -0.25) is 4.79 Å². The first-order chi connectivity index (χ1) is 9.49.